The van der Waals surface area contributed by atoms with Gasteiger partial charge in [0.05, 0.1) is 36.0 Å². The number of aryl methyl sites for hydroxylation is 4. The van der Waals surface area contributed by atoms with Crippen LogP contribution in [0.3, 0.4) is 0 Å². The Balaban J connectivity index is 1.37. The zero-order valence-electron chi connectivity index (χ0n) is 20.7. The largest absolute Gasteiger partial charge is 0.348 e. The third-order valence-electron chi connectivity index (χ3n) is 5.79. The first-order valence-electron chi connectivity index (χ1n) is 11.6. The monoisotopic (exact) mass is 470 g/mol. The summed E-state index contributed by atoms with van der Waals surface area (Å²) < 4.78 is 3.56. The highest BCUT2D eigenvalue weighted by Crippen LogP contribution is 2.16. The number of carbonyl (C=O) groups is 2. The molecule has 0 bridgehead atoms. The van der Waals surface area contributed by atoms with Gasteiger partial charge in [0.15, 0.2) is 0 Å². The molecular formula is C27H30N6O2. The summed E-state index contributed by atoms with van der Waals surface area (Å²) in [5, 5.41) is 14.7. The molecule has 8 heteroatoms. The predicted octanol–water partition coefficient (Wildman–Crippen LogP) is 4.37. The van der Waals surface area contributed by atoms with E-state index in [1.807, 2.05) is 75.7 Å². The van der Waals surface area contributed by atoms with E-state index in [1.165, 1.54) is 0 Å². The van der Waals surface area contributed by atoms with Crippen molar-refractivity contribution in [2.75, 3.05) is 5.32 Å². The fourth-order valence-corrected chi connectivity index (χ4v) is 4.03. The Morgan fingerprint density at radius 1 is 0.971 bits per heavy atom. The van der Waals surface area contributed by atoms with Gasteiger partial charge >= 0.3 is 0 Å². The lowest BCUT2D eigenvalue weighted by molar-refractivity contribution is 0.0935. The van der Waals surface area contributed by atoms with Crippen molar-refractivity contribution in [3.05, 3.63) is 94.6 Å². The lowest BCUT2D eigenvalue weighted by Gasteiger charge is -2.15. The molecule has 0 radical (unpaired) electrons. The van der Waals surface area contributed by atoms with E-state index >= 15 is 0 Å². The van der Waals surface area contributed by atoms with Gasteiger partial charge in [0.25, 0.3) is 11.8 Å². The van der Waals surface area contributed by atoms with Gasteiger partial charge in [-0.3, -0.25) is 14.3 Å². The summed E-state index contributed by atoms with van der Waals surface area (Å²) >= 11 is 0. The number of benzene rings is 2. The number of hydrogen-bond donors (Lipinski definition) is 2. The highest BCUT2D eigenvalue weighted by molar-refractivity contribution is 6.05. The van der Waals surface area contributed by atoms with Crippen LogP contribution in [0.2, 0.25) is 0 Å². The average molecular weight is 471 g/mol. The second-order valence-corrected chi connectivity index (χ2v) is 8.98. The van der Waals surface area contributed by atoms with Crippen molar-refractivity contribution in [3.63, 3.8) is 0 Å². The molecule has 0 spiro atoms. The Hall–Kier alpha value is -4.20. The summed E-state index contributed by atoms with van der Waals surface area (Å²) in [4.78, 5) is 25.3. The number of rotatable bonds is 7. The highest BCUT2D eigenvalue weighted by atomic mass is 16.2. The Kier molecular flexibility index (Phi) is 6.82. The van der Waals surface area contributed by atoms with Gasteiger partial charge in [0, 0.05) is 22.9 Å². The number of nitrogens with one attached hydrogen (secondary N) is 2. The van der Waals surface area contributed by atoms with Crippen LogP contribution < -0.4 is 10.6 Å². The molecule has 1 atom stereocenters. The van der Waals surface area contributed by atoms with Crippen LogP contribution in [0.15, 0.2) is 60.9 Å². The maximum absolute atomic E-state index is 12.7. The second kappa shape index (κ2) is 9.97. The summed E-state index contributed by atoms with van der Waals surface area (Å²) in [5.41, 5.74) is 6.63. The molecule has 0 fully saturated rings. The average Bonchev–Trinajstić information content (AvgIpc) is 3.39. The van der Waals surface area contributed by atoms with Crippen LogP contribution in [0.4, 0.5) is 5.69 Å². The van der Waals surface area contributed by atoms with Gasteiger partial charge in [-0.05, 0) is 76.6 Å². The zero-order valence-corrected chi connectivity index (χ0v) is 20.7. The van der Waals surface area contributed by atoms with Crippen LogP contribution >= 0.6 is 0 Å². The van der Waals surface area contributed by atoms with Crippen LogP contribution in [0, 0.1) is 27.7 Å². The fraction of sp³-hybridized carbons (Fsp3) is 0.259. The maximum Gasteiger partial charge on any atom is 0.256 e. The summed E-state index contributed by atoms with van der Waals surface area (Å²) in [7, 11) is 0. The van der Waals surface area contributed by atoms with Crippen molar-refractivity contribution in [3.8, 4) is 5.69 Å². The first kappa shape index (κ1) is 23.9. The van der Waals surface area contributed by atoms with E-state index < -0.39 is 0 Å². The molecule has 0 aliphatic carbocycles. The Morgan fingerprint density at radius 2 is 1.71 bits per heavy atom. The van der Waals surface area contributed by atoms with Crippen LogP contribution in [0.5, 0.6) is 0 Å². The minimum absolute atomic E-state index is 0.0744. The Bertz CT molecular complexity index is 1370. The molecule has 180 valence electrons. The number of aromatic nitrogens is 4. The van der Waals surface area contributed by atoms with Gasteiger partial charge in [-0.2, -0.15) is 10.2 Å². The molecule has 1 unspecified atom stereocenters. The highest BCUT2D eigenvalue weighted by Gasteiger charge is 2.14. The van der Waals surface area contributed by atoms with Gasteiger partial charge in [-0.15, -0.1) is 0 Å². The summed E-state index contributed by atoms with van der Waals surface area (Å²) in [6, 6.07) is 14.8. The summed E-state index contributed by atoms with van der Waals surface area (Å²) in [6.07, 6.45) is 3.34. The summed E-state index contributed by atoms with van der Waals surface area (Å²) in [5.74, 6) is -0.323. The van der Waals surface area contributed by atoms with Crippen molar-refractivity contribution in [1.82, 2.24) is 24.9 Å². The first-order chi connectivity index (χ1) is 16.7. The standard InChI is InChI=1S/C27H30N6O2/c1-17-6-11-25(18(2)12-17)27(35)30-23-14-28-33(16-23)24-9-7-22(8-10-24)26(34)29-20(4)15-32-21(5)13-19(3)31-32/h6-14,16,20H,15H2,1-5H3,(H,29,34)(H,30,35). The Morgan fingerprint density at radius 3 is 2.37 bits per heavy atom. The normalized spacial score (nSPS) is 11.8. The number of nitrogens with zero attached hydrogens (tertiary/aromatic N) is 4. The topological polar surface area (TPSA) is 93.8 Å². The number of amides is 2. The lowest BCUT2D eigenvalue weighted by atomic mass is 10.1. The van der Waals surface area contributed by atoms with Crippen LogP contribution in [-0.4, -0.2) is 37.4 Å². The van der Waals surface area contributed by atoms with Crippen LogP contribution in [0.25, 0.3) is 5.69 Å². The van der Waals surface area contributed by atoms with Crippen molar-refractivity contribution < 1.29 is 9.59 Å². The van der Waals surface area contributed by atoms with E-state index in [-0.39, 0.29) is 17.9 Å². The molecule has 0 aliphatic heterocycles. The van der Waals surface area contributed by atoms with Crippen molar-refractivity contribution in [1.29, 1.82) is 0 Å². The molecule has 0 saturated heterocycles. The fourth-order valence-electron chi connectivity index (χ4n) is 4.03. The first-order valence-corrected chi connectivity index (χ1v) is 11.6. The van der Waals surface area contributed by atoms with Crippen LogP contribution in [-0.2, 0) is 6.54 Å². The van der Waals surface area contributed by atoms with E-state index in [0.29, 0.717) is 23.4 Å². The van der Waals surface area contributed by atoms with Gasteiger partial charge in [-0.1, -0.05) is 17.7 Å². The maximum atomic E-state index is 12.7. The number of carbonyl (C=O) groups excluding carboxylic acids is 2. The number of anilines is 1. The predicted molar refractivity (Wildman–Crippen MR) is 136 cm³/mol. The molecule has 2 aromatic heterocycles. The van der Waals surface area contributed by atoms with E-state index in [1.54, 1.807) is 29.2 Å². The molecule has 35 heavy (non-hydrogen) atoms. The summed E-state index contributed by atoms with van der Waals surface area (Å²) in [6.45, 7) is 10.4. The molecule has 0 aliphatic rings. The number of hydrogen-bond acceptors (Lipinski definition) is 4. The van der Waals surface area contributed by atoms with E-state index in [9.17, 15) is 9.59 Å². The van der Waals surface area contributed by atoms with Crippen LogP contribution in [0.1, 0.15) is 50.2 Å². The molecule has 2 aromatic carbocycles. The molecule has 4 rings (SSSR count). The molecule has 2 amide bonds. The van der Waals surface area contributed by atoms with Gasteiger partial charge in [0.2, 0.25) is 0 Å². The van der Waals surface area contributed by atoms with Gasteiger partial charge < -0.3 is 10.6 Å². The van der Waals surface area contributed by atoms with E-state index in [2.05, 4.69) is 20.8 Å². The second-order valence-electron chi connectivity index (χ2n) is 8.98. The minimum Gasteiger partial charge on any atom is -0.348 e. The quantitative estimate of drug-likeness (QED) is 0.419. The molecule has 8 nitrogen and oxygen atoms in total. The van der Waals surface area contributed by atoms with Gasteiger partial charge in [0.1, 0.15) is 0 Å². The molecular weight excluding hydrogens is 440 g/mol. The van der Waals surface area contributed by atoms with E-state index in [4.69, 9.17) is 0 Å². The van der Waals surface area contributed by atoms with Crippen molar-refractivity contribution in [2.24, 2.45) is 0 Å². The molecule has 0 saturated carbocycles. The third kappa shape index (κ3) is 5.66. The minimum atomic E-state index is -0.177. The van der Waals surface area contributed by atoms with Gasteiger partial charge in [-0.25, -0.2) is 4.68 Å². The lowest BCUT2D eigenvalue weighted by Crippen LogP contribution is -2.36. The zero-order chi connectivity index (χ0) is 25.1. The third-order valence-corrected chi connectivity index (χ3v) is 5.79. The van der Waals surface area contributed by atoms with Crippen molar-refractivity contribution in [2.45, 2.75) is 47.2 Å². The smallest absolute Gasteiger partial charge is 0.256 e. The van der Waals surface area contributed by atoms with Crippen molar-refractivity contribution >= 4 is 17.5 Å². The Labute approximate surface area is 205 Å². The molecule has 4 aromatic rings. The molecule has 2 heterocycles. The SMILES string of the molecule is Cc1ccc(C(=O)Nc2cnn(-c3ccc(C(=O)NC(C)Cn4nc(C)cc4C)cc3)c2)c(C)c1. The molecule has 2 N–H and O–H groups in total. The van der Waals surface area contributed by atoms with E-state index in [0.717, 1.165) is 28.2 Å².